The summed E-state index contributed by atoms with van der Waals surface area (Å²) in [4.78, 5) is 23.6. The highest BCUT2D eigenvalue weighted by Gasteiger charge is 2.44. The van der Waals surface area contributed by atoms with Crippen molar-refractivity contribution < 1.29 is 15.0 Å². The number of nitrogens with one attached hydrogen (secondary N) is 2. The number of phenolic OH excluding ortho intramolecular Hbond substituents is 1. The number of rotatable bonds is 11. The molecule has 9 heteroatoms. The number of benzene rings is 2. The standard InChI is InChI=1S/C44H50N4O3S2/c1-3-9-34-14-17-40(52-34)41-18-19-42(53-41)43(51)36-16-15-35(37-23-29-10-7-8-11-30(29)24-38(36)37)39(48-44(45)47-31-12-5-4-6-13-31)22-28-20-32(25-33(50)21-28)46-26-27(2)49/h7-8,10-11,14,17-21,23-25,27,31,35-39,46,49-50H,4-6,12-13,15-16,22,26H2,1-2H3,(H3,45,47,48)/t27-,35+,36+,37-,38-,39-/m0/s1. The topological polar surface area (TPSA) is 120 Å². The van der Waals surface area contributed by atoms with Crippen molar-refractivity contribution in [2.45, 2.75) is 83.4 Å². The van der Waals surface area contributed by atoms with Gasteiger partial charge in [0.25, 0.3) is 0 Å². The molecule has 0 aliphatic heterocycles. The number of nitrogens with two attached hydrogens (primary N) is 1. The molecule has 0 radical (unpaired) electrons. The van der Waals surface area contributed by atoms with Gasteiger partial charge in [0.15, 0.2) is 11.7 Å². The van der Waals surface area contributed by atoms with Crippen LogP contribution in [0.4, 0.5) is 5.69 Å². The van der Waals surface area contributed by atoms with Crippen molar-refractivity contribution in [2.24, 2.45) is 34.4 Å². The Balaban J connectivity index is 1.21. The van der Waals surface area contributed by atoms with Crippen molar-refractivity contribution in [3.63, 3.8) is 0 Å². The summed E-state index contributed by atoms with van der Waals surface area (Å²) in [7, 11) is 0. The number of anilines is 1. The highest BCUT2D eigenvalue weighted by Crippen LogP contribution is 2.46. The van der Waals surface area contributed by atoms with Crippen molar-refractivity contribution in [1.82, 2.24) is 5.32 Å². The molecule has 6 atom stereocenters. The smallest absolute Gasteiger partial charge is 0.189 e. The summed E-state index contributed by atoms with van der Waals surface area (Å²) >= 11 is 3.25. The van der Waals surface area contributed by atoms with E-state index in [9.17, 15) is 15.0 Å². The van der Waals surface area contributed by atoms with E-state index in [1.54, 1.807) is 35.7 Å². The van der Waals surface area contributed by atoms with Gasteiger partial charge in [-0.25, -0.2) is 0 Å². The molecule has 0 spiro atoms. The van der Waals surface area contributed by atoms with Crippen molar-refractivity contribution in [1.29, 1.82) is 0 Å². The molecule has 0 saturated heterocycles. The van der Waals surface area contributed by atoms with Gasteiger partial charge in [0, 0.05) is 40.0 Å². The zero-order valence-electron chi connectivity index (χ0n) is 30.6. The van der Waals surface area contributed by atoms with E-state index in [2.05, 4.69) is 77.1 Å². The molecule has 0 bridgehead atoms. The molecule has 2 aromatic carbocycles. The Kier molecular flexibility index (Phi) is 11.7. The Morgan fingerprint density at radius 3 is 2.43 bits per heavy atom. The molecule has 7 nitrogen and oxygen atoms in total. The Hall–Kier alpha value is -4.36. The summed E-state index contributed by atoms with van der Waals surface area (Å²) in [6, 6.07) is 22.4. The zero-order chi connectivity index (χ0) is 36.9. The van der Waals surface area contributed by atoms with Gasteiger partial charge in [-0.1, -0.05) is 61.6 Å². The number of aliphatic hydroxyl groups excluding tert-OH is 1. The van der Waals surface area contributed by atoms with E-state index in [1.165, 1.54) is 29.7 Å². The molecule has 3 aliphatic carbocycles. The van der Waals surface area contributed by atoms with Crippen LogP contribution in [-0.2, 0) is 6.42 Å². The Bertz CT molecular complexity index is 2130. The quantitative estimate of drug-likeness (QED) is 0.0493. The number of thiophene rings is 2. The van der Waals surface area contributed by atoms with Gasteiger partial charge in [0.2, 0.25) is 0 Å². The van der Waals surface area contributed by atoms with Gasteiger partial charge in [-0.15, -0.1) is 28.6 Å². The highest BCUT2D eigenvalue weighted by molar-refractivity contribution is 7.23. The van der Waals surface area contributed by atoms with Gasteiger partial charge in [0.1, 0.15) is 5.75 Å². The fourth-order valence-corrected chi connectivity index (χ4v) is 10.6. The summed E-state index contributed by atoms with van der Waals surface area (Å²) in [6.07, 6.45) is 12.2. The molecule has 3 aliphatic rings. The number of ketones is 1. The molecule has 2 aromatic heterocycles. The lowest BCUT2D eigenvalue weighted by molar-refractivity contribution is 0.0768. The molecule has 276 valence electrons. The van der Waals surface area contributed by atoms with Crippen LogP contribution in [0.5, 0.6) is 5.75 Å². The highest BCUT2D eigenvalue weighted by atomic mass is 32.1. The fourth-order valence-electron chi connectivity index (χ4n) is 8.58. The van der Waals surface area contributed by atoms with Crippen molar-refractivity contribution >= 4 is 52.3 Å². The van der Waals surface area contributed by atoms with Crippen LogP contribution in [0.1, 0.15) is 78.9 Å². The minimum Gasteiger partial charge on any atom is -0.508 e. The van der Waals surface area contributed by atoms with E-state index in [-0.39, 0.29) is 47.3 Å². The summed E-state index contributed by atoms with van der Waals surface area (Å²) in [5, 5.41) is 30.0. The van der Waals surface area contributed by atoms with E-state index < -0.39 is 6.10 Å². The number of aliphatic imine (C=N–C) groups is 1. The van der Waals surface area contributed by atoms with Crippen LogP contribution < -0.4 is 26.8 Å². The number of nitrogens with zero attached hydrogens (tertiary/aromatic N) is 1. The average Bonchev–Trinajstić information content (AvgIpc) is 3.83. The van der Waals surface area contributed by atoms with Crippen LogP contribution in [0.25, 0.3) is 21.9 Å². The number of hydrogen-bond acceptors (Lipinski definition) is 7. The molecule has 4 aromatic rings. The van der Waals surface area contributed by atoms with Crippen molar-refractivity contribution in [3.8, 4) is 27.3 Å². The van der Waals surface area contributed by atoms with Gasteiger partial charge in [-0.3, -0.25) is 9.79 Å². The molecule has 53 heavy (non-hydrogen) atoms. The van der Waals surface area contributed by atoms with Gasteiger partial charge in [-0.05, 0) is 116 Å². The Morgan fingerprint density at radius 1 is 0.943 bits per heavy atom. The third kappa shape index (κ3) is 8.89. The number of carbonyl (C=O) groups excluding carboxylic acids is 1. The number of guanidine groups is 1. The van der Waals surface area contributed by atoms with Crippen LogP contribution in [-0.4, -0.2) is 46.7 Å². The Labute approximate surface area is 320 Å². The largest absolute Gasteiger partial charge is 0.508 e. The van der Waals surface area contributed by atoms with E-state index in [4.69, 9.17) is 10.7 Å². The van der Waals surface area contributed by atoms with E-state index in [0.717, 1.165) is 56.4 Å². The zero-order valence-corrected chi connectivity index (χ0v) is 32.2. The fraction of sp³-hybridized carbons (Fsp3) is 0.409. The summed E-state index contributed by atoms with van der Waals surface area (Å²) in [5.74, 6) is 7.08. The number of aromatic hydroxyl groups is 1. The number of carbonyl (C=O) groups is 1. The number of aliphatic hydroxyl groups is 1. The lowest BCUT2D eigenvalue weighted by Gasteiger charge is -2.45. The first kappa shape index (κ1) is 37.0. The number of phenols is 1. The maximum absolute atomic E-state index is 14.5. The van der Waals surface area contributed by atoms with Crippen LogP contribution in [0.15, 0.2) is 71.7 Å². The third-order valence-corrected chi connectivity index (χ3v) is 13.3. The molecule has 6 N–H and O–H groups in total. The minimum absolute atomic E-state index is 0.0168. The first-order chi connectivity index (χ1) is 25.7. The molecular formula is C44H50N4O3S2. The van der Waals surface area contributed by atoms with Crippen LogP contribution in [0.3, 0.4) is 0 Å². The summed E-state index contributed by atoms with van der Waals surface area (Å²) in [5.41, 5.74) is 8.46. The maximum atomic E-state index is 14.5. The second-order valence-corrected chi connectivity index (χ2v) is 17.1. The van der Waals surface area contributed by atoms with Gasteiger partial charge < -0.3 is 26.6 Å². The summed E-state index contributed by atoms with van der Waals surface area (Å²) < 4.78 is 0. The predicted octanol–water partition coefficient (Wildman–Crippen LogP) is 6.91. The second-order valence-electron chi connectivity index (χ2n) is 14.9. The minimum atomic E-state index is -0.522. The van der Waals surface area contributed by atoms with Gasteiger partial charge in [0.05, 0.1) is 21.9 Å². The molecular weight excluding hydrogens is 697 g/mol. The number of Topliss-reactive ketones (excluding diaryl/α,β-unsaturated/α-hetero) is 1. The molecule has 2 saturated carbocycles. The normalized spacial score (nSPS) is 22.5. The Morgan fingerprint density at radius 2 is 1.68 bits per heavy atom. The molecule has 2 fully saturated rings. The third-order valence-electron chi connectivity index (χ3n) is 11.0. The van der Waals surface area contributed by atoms with Gasteiger partial charge in [-0.2, -0.15) is 0 Å². The van der Waals surface area contributed by atoms with Crippen molar-refractivity contribution in [3.05, 3.63) is 92.5 Å². The second kappa shape index (κ2) is 16.8. The van der Waals surface area contributed by atoms with E-state index in [1.807, 2.05) is 25.1 Å². The molecule has 0 unspecified atom stereocenters. The summed E-state index contributed by atoms with van der Waals surface area (Å²) in [6.45, 7) is 3.96. The molecule has 2 heterocycles. The molecule has 7 rings (SSSR count). The first-order valence-electron chi connectivity index (χ1n) is 19.0. The van der Waals surface area contributed by atoms with Crippen LogP contribution in [0, 0.1) is 35.5 Å². The monoisotopic (exact) mass is 746 g/mol. The predicted molar refractivity (Wildman–Crippen MR) is 220 cm³/mol. The lowest BCUT2D eigenvalue weighted by atomic mass is 9.61. The average molecular weight is 747 g/mol. The van der Waals surface area contributed by atoms with Gasteiger partial charge >= 0.3 is 0 Å². The van der Waals surface area contributed by atoms with Crippen LogP contribution >= 0.6 is 22.7 Å². The first-order valence-corrected chi connectivity index (χ1v) is 20.7. The van der Waals surface area contributed by atoms with Crippen molar-refractivity contribution in [2.75, 3.05) is 11.9 Å². The number of hydrogen-bond donors (Lipinski definition) is 5. The van der Waals surface area contributed by atoms with Crippen LogP contribution in [0.2, 0.25) is 0 Å². The SMILES string of the molecule is CC#Cc1ccc(-c2ccc(C(=O)[C@@H]3CC[C@@H]([C@H](Cc4cc(O)cc(NC[C@H](C)O)c4)NC(N)=NC4CCCCC4)[C@@H]4C=c5ccccc5=C[C@H]43)s2)s1. The lowest BCUT2D eigenvalue weighted by Crippen LogP contribution is -2.52. The maximum Gasteiger partial charge on any atom is 0.189 e. The van der Waals surface area contributed by atoms with E-state index in [0.29, 0.717) is 18.9 Å². The number of fused-ring (bicyclic) bond motifs is 2. The molecule has 0 amide bonds. The van der Waals surface area contributed by atoms with E-state index >= 15 is 0 Å².